The molecule has 0 aliphatic carbocycles. The van der Waals surface area contributed by atoms with Crippen LogP contribution in [0.25, 0.3) is 10.4 Å². The summed E-state index contributed by atoms with van der Waals surface area (Å²) < 4.78 is 0. The number of thiazole rings is 1. The molecule has 90 valence electrons. The van der Waals surface area contributed by atoms with E-state index in [0.29, 0.717) is 0 Å². The first-order chi connectivity index (χ1) is 8.31. The first kappa shape index (κ1) is 13.5. The number of aromatic nitrogens is 1. The Labute approximate surface area is 106 Å². The minimum atomic E-state index is 0.919. The molecular formula is C13H16N2OS. The Bertz CT molecular complexity index is 451. The van der Waals surface area contributed by atoms with Crippen LogP contribution in [0, 0.1) is 6.92 Å². The van der Waals surface area contributed by atoms with Crippen molar-refractivity contribution in [3.8, 4) is 10.4 Å². The fraction of sp³-hybridized carbons (Fsp3) is 0.231. The second-order valence-electron chi connectivity index (χ2n) is 3.49. The van der Waals surface area contributed by atoms with Crippen molar-refractivity contribution in [2.75, 3.05) is 7.05 Å². The molecule has 1 aromatic carbocycles. The van der Waals surface area contributed by atoms with Crippen LogP contribution in [-0.2, 0) is 11.3 Å². The molecule has 0 spiro atoms. The van der Waals surface area contributed by atoms with Crippen molar-refractivity contribution in [3.63, 3.8) is 0 Å². The summed E-state index contributed by atoms with van der Waals surface area (Å²) >= 11 is 1.70. The lowest BCUT2D eigenvalue weighted by atomic mass is 10.1. The van der Waals surface area contributed by atoms with E-state index < -0.39 is 0 Å². The Morgan fingerprint density at radius 3 is 2.41 bits per heavy atom. The molecule has 1 N–H and O–H groups in total. The van der Waals surface area contributed by atoms with E-state index >= 15 is 0 Å². The van der Waals surface area contributed by atoms with Crippen LogP contribution in [0.1, 0.15) is 11.3 Å². The van der Waals surface area contributed by atoms with Gasteiger partial charge in [0.15, 0.2) is 0 Å². The third kappa shape index (κ3) is 3.47. The summed E-state index contributed by atoms with van der Waals surface area (Å²) in [6, 6.07) is 8.64. The van der Waals surface area contributed by atoms with Gasteiger partial charge in [-0.15, -0.1) is 11.3 Å². The van der Waals surface area contributed by atoms with E-state index in [2.05, 4.69) is 34.6 Å². The summed E-state index contributed by atoms with van der Waals surface area (Å²) in [5, 5.41) is 3.14. The van der Waals surface area contributed by atoms with Gasteiger partial charge in [-0.1, -0.05) is 24.3 Å². The van der Waals surface area contributed by atoms with Crippen molar-refractivity contribution in [1.29, 1.82) is 0 Å². The van der Waals surface area contributed by atoms with Crippen molar-refractivity contribution < 1.29 is 4.79 Å². The van der Waals surface area contributed by atoms with Crippen molar-refractivity contribution in [2.45, 2.75) is 13.5 Å². The number of nitrogens with zero attached hydrogens (tertiary/aromatic N) is 1. The molecule has 0 saturated heterocycles. The topological polar surface area (TPSA) is 42.0 Å². The summed E-state index contributed by atoms with van der Waals surface area (Å²) in [6.45, 7) is 4.97. The average molecular weight is 248 g/mol. The molecule has 2 rings (SSSR count). The Balaban J connectivity index is 0.000000686. The lowest BCUT2D eigenvalue weighted by Crippen LogP contribution is -2.04. The molecule has 0 atom stereocenters. The van der Waals surface area contributed by atoms with Crippen LogP contribution in [0.4, 0.5) is 0 Å². The first-order valence-electron chi connectivity index (χ1n) is 5.24. The van der Waals surface area contributed by atoms with Gasteiger partial charge in [0, 0.05) is 6.54 Å². The summed E-state index contributed by atoms with van der Waals surface area (Å²) in [5.74, 6) is 0. The molecule has 0 unspecified atom stereocenters. The number of nitrogens with one attached hydrogen (secondary N) is 1. The maximum absolute atomic E-state index is 8.00. The maximum Gasteiger partial charge on any atom is 0.106 e. The molecule has 3 nitrogen and oxygen atoms in total. The van der Waals surface area contributed by atoms with Crippen LogP contribution in [0.5, 0.6) is 0 Å². The molecule has 0 fully saturated rings. The molecule has 0 amide bonds. The summed E-state index contributed by atoms with van der Waals surface area (Å²) in [4.78, 5) is 13.5. The predicted octanol–water partition coefficient (Wildman–Crippen LogP) is 2.65. The highest BCUT2D eigenvalue weighted by Crippen LogP contribution is 2.26. The van der Waals surface area contributed by atoms with Gasteiger partial charge in [-0.3, -0.25) is 0 Å². The molecule has 17 heavy (non-hydrogen) atoms. The van der Waals surface area contributed by atoms with Gasteiger partial charge in [0.05, 0.1) is 16.1 Å². The summed E-state index contributed by atoms with van der Waals surface area (Å²) in [5.41, 5.74) is 5.58. The van der Waals surface area contributed by atoms with Gasteiger partial charge < -0.3 is 10.1 Å². The minimum absolute atomic E-state index is 0.919. The second kappa shape index (κ2) is 6.93. The van der Waals surface area contributed by atoms with Crippen molar-refractivity contribution in [1.82, 2.24) is 10.3 Å². The molecule has 2 aromatic rings. The molecule has 1 heterocycles. The fourth-order valence-electron chi connectivity index (χ4n) is 1.56. The van der Waals surface area contributed by atoms with Crippen LogP contribution in [-0.4, -0.2) is 18.8 Å². The highest BCUT2D eigenvalue weighted by molar-refractivity contribution is 7.13. The number of rotatable bonds is 3. The van der Waals surface area contributed by atoms with E-state index in [1.165, 1.54) is 16.0 Å². The Morgan fingerprint density at radius 2 is 1.94 bits per heavy atom. The molecule has 0 aliphatic heterocycles. The molecule has 1 aromatic heterocycles. The van der Waals surface area contributed by atoms with E-state index in [-0.39, 0.29) is 0 Å². The number of hydrogen-bond donors (Lipinski definition) is 1. The summed E-state index contributed by atoms with van der Waals surface area (Å²) in [6.07, 6.45) is 0. The van der Waals surface area contributed by atoms with E-state index in [1.807, 2.05) is 26.3 Å². The molecule has 0 bridgehead atoms. The van der Waals surface area contributed by atoms with Crippen molar-refractivity contribution >= 4 is 18.1 Å². The van der Waals surface area contributed by atoms with Crippen molar-refractivity contribution in [3.05, 3.63) is 41.0 Å². The highest BCUT2D eigenvalue weighted by atomic mass is 32.1. The predicted molar refractivity (Wildman–Crippen MR) is 72.2 cm³/mol. The maximum atomic E-state index is 8.00. The van der Waals surface area contributed by atoms with Gasteiger partial charge in [-0.05, 0) is 25.1 Å². The van der Waals surface area contributed by atoms with Crippen LogP contribution < -0.4 is 5.32 Å². The Morgan fingerprint density at radius 1 is 1.29 bits per heavy atom. The quantitative estimate of drug-likeness (QED) is 0.908. The van der Waals surface area contributed by atoms with E-state index in [0.717, 1.165) is 12.2 Å². The highest BCUT2D eigenvalue weighted by Gasteiger charge is 2.03. The fourth-order valence-corrected chi connectivity index (χ4v) is 2.37. The molecule has 4 heteroatoms. The number of aryl methyl sites for hydroxylation is 1. The Kier molecular flexibility index (Phi) is 5.52. The monoisotopic (exact) mass is 248 g/mol. The molecular weight excluding hydrogens is 232 g/mol. The zero-order valence-electron chi connectivity index (χ0n) is 10.1. The van der Waals surface area contributed by atoms with Crippen LogP contribution in [0.3, 0.4) is 0 Å². The standard InChI is InChI=1S/C12H14N2S.CH2O/c1-9-12(15-8-14-9)11-5-3-10(4-6-11)7-13-2;1-2/h3-6,8,13H,7H2,1-2H3;1H2. The molecule has 0 aliphatic rings. The van der Waals surface area contributed by atoms with E-state index in [4.69, 9.17) is 4.79 Å². The number of carbonyl (C=O) groups excluding carboxylic acids is 1. The van der Waals surface area contributed by atoms with Gasteiger partial charge in [-0.25, -0.2) is 4.98 Å². The first-order valence-corrected chi connectivity index (χ1v) is 6.12. The number of carbonyl (C=O) groups is 1. The third-order valence-corrected chi connectivity index (χ3v) is 3.32. The normalized spacial score (nSPS) is 9.53. The number of hydrogen-bond acceptors (Lipinski definition) is 4. The second-order valence-corrected chi connectivity index (χ2v) is 4.35. The van der Waals surface area contributed by atoms with Crippen LogP contribution in [0.15, 0.2) is 29.8 Å². The SMILES string of the molecule is C=O.CNCc1ccc(-c2scnc2C)cc1. The average Bonchev–Trinajstić information content (AvgIpc) is 2.80. The van der Waals surface area contributed by atoms with Gasteiger partial charge in [0.1, 0.15) is 6.79 Å². The molecule has 0 radical (unpaired) electrons. The van der Waals surface area contributed by atoms with Gasteiger partial charge in [-0.2, -0.15) is 0 Å². The number of benzene rings is 1. The smallest absolute Gasteiger partial charge is 0.106 e. The molecule has 0 saturated carbocycles. The lowest BCUT2D eigenvalue weighted by Gasteiger charge is -2.02. The third-order valence-electron chi connectivity index (χ3n) is 2.34. The lowest BCUT2D eigenvalue weighted by molar-refractivity contribution is -0.0979. The van der Waals surface area contributed by atoms with Gasteiger partial charge in [0.25, 0.3) is 0 Å². The van der Waals surface area contributed by atoms with Gasteiger partial charge in [0.2, 0.25) is 0 Å². The van der Waals surface area contributed by atoms with Gasteiger partial charge >= 0.3 is 0 Å². The summed E-state index contributed by atoms with van der Waals surface area (Å²) in [7, 11) is 1.96. The van der Waals surface area contributed by atoms with Crippen LogP contribution in [0.2, 0.25) is 0 Å². The minimum Gasteiger partial charge on any atom is -0.316 e. The van der Waals surface area contributed by atoms with E-state index in [9.17, 15) is 0 Å². The zero-order chi connectivity index (χ0) is 12.7. The van der Waals surface area contributed by atoms with E-state index in [1.54, 1.807) is 11.3 Å². The zero-order valence-corrected chi connectivity index (χ0v) is 10.9. The van der Waals surface area contributed by atoms with Crippen LogP contribution >= 0.6 is 11.3 Å². The largest absolute Gasteiger partial charge is 0.316 e. The van der Waals surface area contributed by atoms with Crippen molar-refractivity contribution in [2.24, 2.45) is 0 Å². The Hall–Kier alpha value is -1.52.